The van der Waals surface area contributed by atoms with Gasteiger partial charge in [0.25, 0.3) is 5.91 Å². The van der Waals surface area contributed by atoms with E-state index in [-0.39, 0.29) is 41.7 Å². The Bertz CT molecular complexity index is 2730. The number of benzene rings is 2. The van der Waals surface area contributed by atoms with Crippen LogP contribution in [0, 0.1) is 6.92 Å². The number of anilines is 3. The van der Waals surface area contributed by atoms with E-state index < -0.39 is 0 Å². The molecule has 3 saturated heterocycles. The van der Waals surface area contributed by atoms with Crippen LogP contribution in [0.3, 0.4) is 0 Å². The monoisotopic (exact) mass is 1280 g/mol. The predicted molar refractivity (Wildman–Crippen MR) is 351 cm³/mol. The van der Waals surface area contributed by atoms with E-state index in [9.17, 15) is 24.0 Å². The molecule has 2 aromatic carbocycles. The molecule has 5 heterocycles. The van der Waals surface area contributed by atoms with Gasteiger partial charge in [0.1, 0.15) is 0 Å². The number of unbranched alkanes of at least 4 members (excludes halogenated alkanes) is 5. The van der Waals surface area contributed by atoms with Gasteiger partial charge in [0, 0.05) is 130 Å². The second kappa shape index (κ2) is 43.4. The first kappa shape index (κ1) is 72.0. The zero-order chi connectivity index (χ0) is 63.8. The minimum absolute atomic E-state index is 0.00667. The molecule has 25 heteroatoms. The number of carbonyl (C=O) groups is 5. The van der Waals surface area contributed by atoms with Gasteiger partial charge in [-0.15, -0.1) is 0 Å². The minimum Gasteiger partial charge on any atom is -0.378 e. The second-order valence-electron chi connectivity index (χ2n) is 22.8. The van der Waals surface area contributed by atoms with Gasteiger partial charge in [-0.2, -0.15) is 11.8 Å². The molecule has 0 aliphatic carbocycles. The molecule has 6 amide bonds. The summed E-state index contributed by atoms with van der Waals surface area (Å²) >= 11 is 1.90. The molecular weight excluding hydrogens is 1180 g/mol. The smallest absolute Gasteiger partial charge is 0.315 e. The molecule has 3 fully saturated rings. The molecule has 0 saturated carbocycles. The maximum atomic E-state index is 13.2. The molecule has 3 atom stereocenters. The van der Waals surface area contributed by atoms with Crippen LogP contribution in [0.15, 0.2) is 79.3 Å². The van der Waals surface area contributed by atoms with Crippen molar-refractivity contribution < 1.29 is 57.1 Å². The Morgan fingerprint density at radius 1 is 0.604 bits per heavy atom. The Hall–Kier alpha value is -6.39. The number of aryl methyl sites for hydroxylation is 1. The Morgan fingerprint density at radius 2 is 1.18 bits per heavy atom. The van der Waals surface area contributed by atoms with Gasteiger partial charge in [0.15, 0.2) is 0 Å². The maximum absolute atomic E-state index is 13.2. The molecule has 0 radical (unpaired) electrons. The lowest BCUT2D eigenvalue weighted by Crippen LogP contribution is -2.46. The van der Waals surface area contributed by atoms with Crippen LogP contribution < -0.4 is 37.2 Å². The predicted octanol–water partition coefficient (Wildman–Crippen LogP) is 6.27. The lowest BCUT2D eigenvalue weighted by molar-refractivity contribution is -0.122. The average molecular weight is 1280 g/mol. The highest BCUT2D eigenvalue weighted by atomic mass is 32.2. The number of rotatable bonds is 48. The molecule has 7 N–H and O–H groups in total. The van der Waals surface area contributed by atoms with E-state index in [4.69, 9.17) is 33.2 Å². The normalized spacial score (nSPS) is 16.5. The summed E-state index contributed by atoms with van der Waals surface area (Å²) in [6.45, 7) is 16.0. The van der Waals surface area contributed by atoms with E-state index >= 15 is 0 Å². The van der Waals surface area contributed by atoms with E-state index in [1.165, 1.54) is 5.56 Å². The summed E-state index contributed by atoms with van der Waals surface area (Å²) < 4.78 is 39.3. The van der Waals surface area contributed by atoms with Crippen LogP contribution in [0.5, 0.6) is 0 Å². The maximum Gasteiger partial charge on any atom is 0.315 e. The standard InChI is InChI=1S/C66H98N12O12S/c1-51-16-21-55(47-57(51)74-65-71-26-22-56(73-65)54-11-10-23-67-48-54)72-64(82)53-19-17-52(18-20-53)49-78-30-28-77(29-31-78)32-34-85-36-38-87-40-42-89-44-46-90-45-43-88-41-39-86-37-35-84-33-27-70-62(81)14-5-3-9-24-68-60(79)13-4-2-8-25-69-61(80)15-7-6-12-59-63-58(50-91-59)75-66(83)76-63/h10-11,16-23,26,47-48,58-59,63H,2-9,12-15,24-25,27-46,49-50H2,1H3,(H,68,79)(H,69,80)(H,70,81)(H,72,82)(H,71,73,74)(H2,75,76,83)/t58-,59-,63-/m0/s1. The van der Waals surface area contributed by atoms with Gasteiger partial charge in [-0.1, -0.05) is 37.5 Å². The quantitative estimate of drug-likeness (QED) is 0.0189. The van der Waals surface area contributed by atoms with Gasteiger partial charge in [0.2, 0.25) is 23.7 Å². The number of nitrogens with one attached hydrogen (secondary N) is 7. The minimum atomic E-state index is -0.178. The first-order valence-electron chi connectivity index (χ1n) is 32.6. The molecule has 0 bridgehead atoms. The highest BCUT2D eigenvalue weighted by Crippen LogP contribution is 2.33. The van der Waals surface area contributed by atoms with Gasteiger partial charge in [0.05, 0.1) is 110 Å². The topological polar surface area (TPSA) is 279 Å². The van der Waals surface area contributed by atoms with Crippen molar-refractivity contribution in [1.82, 2.24) is 51.3 Å². The zero-order valence-corrected chi connectivity index (χ0v) is 54.1. The van der Waals surface area contributed by atoms with Crippen LogP contribution in [0.1, 0.15) is 98.5 Å². The Balaban J connectivity index is 0.548. The number of amides is 6. The molecule has 91 heavy (non-hydrogen) atoms. The Morgan fingerprint density at radius 3 is 1.78 bits per heavy atom. The number of carbonyl (C=O) groups excluding carboxylic acids is 5. The fourth-order valence-corrected chi connectivity index (χ4v) is 12.0. The third-order valence-corrected chi connectivity index (χ3v) is 17.2. The molecule has 3 aliphatic heterocycles. The van der Waals surface area contributed by atoms with Gasteiger partial charge in [-0.25, -0.2) is 14.8 Å². The van der Waals surface area contributed by atoms with Crippen LogP contribution in [0.25, 0.3) is 11.3 Å². The average Bonchev–Trinajstić information content (AvgIpc) is 2.10. The van der Waals surface area contributed by atoms with Gasteiger partial charge < -0.3 is 70.4 Å². The van der Waals surface area contributed by atoms with Crippen molar-refractivity contribution in [2.75, 3.05) is 161 Å². The summed E-state index contributed by atoms with van der Waals surface area (Å²) in [6.07, 6.45) is 14.4. The highest BCUT2D eigenvalue weighted by Gasteiger charge is 2.42. The molecule has 0 unspecified atom stereocenters. The fourth-order valence-electron chi connectivity index (χ4n) is 10.5. The van der Waals surface area contributed by atoms with Crippen molar-refractivity contribution in [1.29, 1.82) is 0 Å². The van der Waals surface area contributed by atoms with Crippen molar-refractivity contribution in [3.05, 3.63) is 95.9 Å². The van der Waals surface area contributed by atoms with Crippen molar-refractivity contribution >= 4 is 58.7 Å². The second-order valence-corrected chi connectivity index (χ2v) is 24.0. The van der Waals surface area contributed by atoms with Crippen molar-refractivity contribution in [2.24, 2.45) is 0 Å². The highest BCUT2D eigenvalue weighted by molar-refractivity contribution is 8.00. The molecule has 3 aliphatic rings. The number of piperazine rings is 1. The van der Waals surface area contributed by atoms with E-state index in [1.54, 1.807) is 18.6 Å². The van der Waals surface area contributed by atoms with Crippen LogP contribution in [-0.2, 0) is 54.1 Å². The molecule has 500 valence electrons. The molecule has 2 aromatic heterocycles. The third-order valence-electron chi connectivity index (χ3n) is 15.7. The van der Waals surface area contributed by atoms with E-state index in [2.05, 4.69) is 62.0 Å². The number of pyridine rings is 1. The number of nitrogens with zero attached hydrogens (tertiary/aromatic N) is 5. The summed E-state index contributed by atoms with van der Waals surface area (Å²) in [5.74, 6) is 1.34. The largest absolute Gasteiger partial charge is 0.378 e. The zero-order valence-electron chi connectivity index (χ0n) is 53.2. The third kappa shape index (κ3) is 29.4. The number of hydrogen-bond donors (Lipinski definition) is 7. The van der Waals surface area contributed by atoms with Crippen molar-refractivity contribution in [3.8, 4) is 11.3 Å². The number of ether oxygens (including phenoxy) is 7. The number of aromatic nitrogens is 3. The van der Waals surface area contributed by atoms with Crippen molar-refractivity contribution in [2.45, 2.75) is 108 Å². The van der Waals surface area contributed by atoms with Crippen LogP contribution >= 0.6 is 11.8 Å². The summed E-state index contributed by atoms with van der Waals surface area (Å²) in [5, 5.41) is 21.6. The summed E-state index contributed by atoms with van der Waals surface area (Å²) in [4.78, 5) is 79.4. The van der Waals surface area contributed by atoms with Gasteiger partial charge in [-0.05, 0) is 99.0 Å². The van der Waals surface area contributed by atoms with Gasteiger partial charge >= 0.3 is 6.03 Å². The van der Waals surface area contributed by atoms with E-state index in [0.717, 1.165) is 125 Å². The summed E-state index contributed by atoms with van der Waals surface area (Å²) in [7, 11) is 0. The first-order chi connectivity index (χ1) is 44.6. The molecule has 7 rings (SSSR count). The van der Waals surface area contributed by atoms with Crippen LogP contribution in [0.4, 0.5) is 22.1 Å². The number of hydrogen-bond acceptors (Lipinski definition) is 19. The first-order valence-corrected chi connectivity index (χ1v) is 33.7. The number of fused-ring (bicyclic) bond motifs is 1. The van der Waals surface area contributed by atoms with E-state index in [1.807, 2.05) is 79.3 Å². The van der Waals surface area contributed by atoms with E-state index in [0.29, 0.717) is 154 Å². The fraction of sp³-hybridized carbons (Fsp3) is 0.606. The SMILES string of the molecule is Cc1ccc(NC(=O)c2ccc(CN3CCN(CCOCCOCCOCCOCCOCCOCCOCCNC(=O)CCCCCNC(=O)CCCCCNC(=O)CCCC[C@@H]4SC[C@@H]5NC(=O)N[C@@H]54)CC3)cc2)cc1Nc1nccc(-c2cccnc2)n1. The van der Waals surface area contributed by atoms with Gasteiger partial charge in [-0.3, -0.25) is 34.0 Å². The summed E-state index contributed by atoms with van der Waals surface area (Å²) in [5.41, 5.74) is 5.88. The Kier molecular flexibility index (Phi) is 34.4. The summed E-state index contributed by atoms with van der Waals surface area (Å²) in [6, 6.07) is 19.6. The lowest BCUT2D eigenvalue weighted by atomic mass is 10.0. The Labute approximate surface area is 541 Å². The molecule has 4 aromatic rings. The molecule has 0 spiro atoms. The molecule has 24 nitrogen and oxygen atoms in total. The number of thioether (sulfide) groups is 1. The lowest BCUT2D eigenvalue weighted by Gasteiger charge is -2.34. The molecular formula is C66H98N12O12S. The van der Waals surface area contributed by atoms with Crippen LogP contribution in [-0.4, -0.2) is 222 Å². The van der Waals surface area contributed by atoms with Crippen molar-refractivity contribution in [3.63, 3.8) is 0 Å². The van der Waals surface area contributed by atoms with Crippen LogP contribution in [0.2, 0.25) is 0 Å². The number of urea groups is 1.